The maximum absolute atomic E-state index is 12.6. The Labute approximate surface area is 154 Å². The third-order valence-electron chi connectivity index (χ3n) is 4.14. The molecular weight excluding hydrogens is 354 g/mol. The van der Waals surface area contributed by atoms with Crippen molar-refractivity contribution >= 4 is 23.3 Å². The number of hydrogen-bond acceptors (Lipinski definition) is 4. The van der Waals surface area contributed by atoms with Crippen LogP contribution in [0.15, 0.2) is 41.2 Å². The number of aromatic amines is 1. The number of carbonyl (C=O) groups is 1. The van der Waals surface area contributed by atoms with E-state index in [1.165, 1.54) is 10.7 Å². The summed E-state index contributed by atoms with van der Waals surface area (Å²) in [5, 5.41) is 7.71. The monoisotopic (exact) mass is 369 g/mol. The fraction of sp³-hybridized carbons (Fsp3) is 0.222. The summed E-state index contributed by atoms with van der Waals surface area (Å²) in [5.74, 6) is 0.722. The molecule has 0 spiro atoms. The number of halogens is 1. The van der Waals surface area contributed by atoms with Crippen molar-refractivity contribution in [1.82, 2.24) is 19.7 Å². The normalized spacial score (nSPS) is 13.6. The first kappa shape index (κ1) is 16.5. The zero-order valence-electron chi connectivity index (χ0n) is 14.0. The van der Waals surface area contributed by atoms with Gasteiger partial charge in [0.2, 0.25) is 5.95 Å². The minimum absolute atomic E-state index is 0.261. The fourth-order valence-corrected chi connectivity index (χ4v) is 2.94. The molecule has 1 fully saturated rings. The molecule has 132 valence electrons. The summed E-state index contributed by atoms with van der Waals surface area (Å²) in [6, 6.07) is 10.0. The molecule has 2 aromatic heterocycles. The van der Waals surface area contributed by atoms with Gasteiger partial charge in [0.05, 0.1) is 16.3 Å². The SMILES string of the molecule is Cc1cc(=O)[nH]c(-n2nc(C3CC3)cc2NC(=O)c2ccccc2Cl)n1. The lowest BCUT2D eigenvalue weighted by Gasteiger charge is -2.09. The van der Waals surface area contributed by atoms with Crippen LogP contribution in [-0.2, 0) is 0 Å². The fourth-order valence-electron chi connectivity index (χ4n) is 2.72. The topological polar surface area (TPSA) is 92.7 Å². The Morgan fingerprint density at radius 1 is 1.31 bits per heavy atom. The van der Waals surface area contributed by atoms with Crippen LogP contribution in [0.2, 0.25) is 5.02 Å². The van der Waals surface area contributed by atoms with Gasteiger partial charge in [0.15, 0.2) is 0 Å². The van der Waals surface area contributed by atoms with E-state index < -0.39 is 0 Å². The molecule has 0 saturated heterocycles. The van der Waals surface area contributed by atoms with Gasteiger partial charge in [0.1, 0.15) is 5.82 Å². The predicted octanol–water partition coefficient (Wildman–Crippen LogP) is 3.05. The molecule has 0 unspecified atom stereocenters. The molecule has 3 aromatic rings. The summed E-state index contributed by atoms with van der Waals surface area (Å²) in [4.78, 5) is 31.4. The van der Waals surface area contributed by atoms with Gasteiger partial charge in [-0.2, -0.15) is 9.78 Å². The van der Waals surface area contributed by atoms with E-state index in [2.05, 4.69) is 20.4 Å². The van der Waals surface area contributed by atoms with E-state index in [1.54, 1.807) is 31.2 Å². The van der Waals surface area contributed by atoms with Gasteiger partial charge in [-0.25, -0.2) is 4.98 Å². The summed E-state index contributed by atoms with van der Waals surface area (Å²) in [7, 11) is 0. The van der Waals surface area contributed by atoms with E-state index in [4.69, 9.17) is 11.6 Å². The van der Waals surface area contributed by atoms with Crippen LogP contribution < -0.4 is 10.9 Å². The maximum atomic E-state index is 12.6. The van der Waals surface area contributed by atoms with Crippen molar-refractivity contribution < 1.29 is 4.79 Å². The van der Waals surface area contributed by atoms with Crippen LogP contribution in [0.1, 0.15) is 40.5 Å². The summed E-state index contributed by atoms with van der Waals surface area (Å²) in [6.45, 7) is 1.73. The Morgan fingerprint density at radius 3 is 2.77 bits per heavy atom. The molecule has 0 radical (unpaired) electrons. The van der Waals surface area contributed by atoms with Crippen LogP contribution in [0.3, 0.4) is 0 Å². The first-order valence-electron chi connectivity index (χ1n) is 8.25. The lowest BCUT2D eigenvalue weighted by Crippen LogP contribution is -2.19. The Bertz CT molecular complexity index is 1050. The van der Waals surface area contributed by atoms with Gasteiger partial charge in [-0.3, -0.25) is 14.6 Å². The van der Waals surface area contributed by atoms with Gasteiger partial charge in [-0.15, -0.1) is 0 Å². The highest BCUT2D eigenvalue weighted by Crippen LogP contribution is 2.40. The number of hydrogen-bond donors (Lipinski definition) is 2. The highest BCUT2D eigenvalue weighted by atomic mass is 35.5. The molecule has 2 heterocycles. The number of nitrogens with one attached hydrogen (secondary N) is 2. The van der Waals surface area contributed by atoms with Crippen molar-refractivity contribution in [2.75, 3.05) is 5.32 Å². The Balaban J connectivity index is 1.74. The van der Waals surface area contributed by atoms with Crippen LogP contribution >= 0.6 is 11.6 Å². The quantitative estimate of drug-likeness (QED) is 0.739. The molecule has 7 nitrogen and oxygen atoms in total. The number of H-pyrrole nitrogens is 1. The smallest absolute Gasteiger partial charge is 0.258 e. The van der Waals surface area contributed by atoms with Gasteiger partial charge in [-0.05, 0) is 31.9 Å². The summed E-state index contributed by atoms with van der Waals surface area (Å²) in [6.07, 6.45) is 2.12. The van der Waals surface area contributed by atoms with Crippen molar-refractivity contribution in [2.45, 2.75) is 25.7 Å². The average Bonchev–Trinajstić information content (AvgIpc) is 3.35. The van der Waals surface area contributed by atoms with Crippen LogP contribution in [0.5, 0.6) is 0 Å². The minimum Gasteiger partial charge on any atom is -0.306 e. The maximum Gasteiger partial charge on any atom is 0.258 e. The van der Waals surface area contributed by atoms with Crippen molar-refractivity contribution in [3.63, 3.8) is 0 Å². The summed E-state index contributed by atoms with van der Waals surface area (Å²) in [5.41, 5.74) is 1.51. The molecule has 4 rings (SSSR count). The van der Waals surface area contributed by atoms with Gasteiger partial charge < -0.3 is 5.32 Å². The molecular formula is C18H16ClN5O2. The van der Waals surface area contributed by atoms with Crippen LogP contribution in [0.4, 0.5) is 5.82 Å². The van der Waals surface area contributed by atoms with Crippen LogP contribution in [0, 0.1) is 6.92 Å². The zero-order chi connectivity index (χ0) is 18.3. The molecule has 0 aliphatic heterocycles. The van der Waals surface area contributed by atoms with Gasteiger partial charge in [-0.1, -0.05) is 23.7 Å². The van der Waals surface area contributed by atoms with Crippen molar-refractivity contribution in [3.05, 3.63) is 68.7 Å². The second-order valence-corrected chi connectivity index (χ2v) is 6.69. The van der Waals surface area contributed by atoms with E-state index in [0.717, 1.165) is 18.5 Å². The number of rotatable bonds is 4. The van der Waals surface area contributed by atoms with Gasteiger partial charge in [0, 0.05) is 23.7 Å². The molecule has 26 heavy (non-hydrogen) atoms. The molecule has 1 aliphatic carbocycles. The predicted molar refractivity (Wildman–Crippen MR) is 98.1 cm³/mol. The number of carbonyl (C=O) groups excluding carboxylic acids is 1. The number of aryl methyl sites for hydroxylation is 1. The molecule has 1 amide bonds. The number of aromatic nitrogens is 4. The molecule has 0 bridgehead atoms. The second kappa shape index (κ2) is 6.42. The van der Waals surface area contributed by atoms with E-state index in [-0.39, 0.29) is 17.4 Å². The number of amides is 1. The molecule has 0 atom stereocenters. The lowest BCUT2D eigenvalue weighted by molar-refractivity contribution is 0.102. The van der Waals surface area contributed by atoms with Gasteiger partial charge in [0.25, 0.3) is 11.5 Å². The van der Waals surface area contributed by atoms with Crippen molar-refractivity contribution in [3.8, 4) is 5.95 Å². The van der Waals surface area contributed by atoms with E-state index in [1.807, 2.05) is 6.07 Å². The molecule has 2 N–H and O–H groups in total. The van der Waals surface area contributed by atoms with Crippen molar-refractivity contribution in [2.24, 2.45) is 0 Å². The highest BCUT2D eigenvalue weighted by molar-refractivity contribution is 6.34. The molecule has 1 saturated carbocycles. The third-order valence-corrected chi connectivity index (χ3v) is 4.47. The number of anilines is 1. The van der Waals surface area contributed by atoms with E-state index >= 15 is 0 Å². The average molecular weight is 370 g/mol. The number of benzene rings is 1. The molecule has 8 heteroatoms. The van der Waals surface area contributed by atoms with Crippen molar-refractivity contribution in [1.29, 1.82) is 0 Å². The van der Waals surface area contributed by atoms with E-state index in [0.29, 0.717) is 28.0 Å². The Hall–Kier alpha value is -2.93. The Kier molecular flexibility index (Phi) is 4.08. The second-order valence-electron chi connectivity index (χ2n) is 6.28. The third kappa shape index (κ3) is 3.25. The largest absolute Gasteiger partial charge is 0.306 e. The molecule has 1 aromatic carbocycles. The first-order chi connectivity index (χ1) is 12.5. The standard InChI is InChI=1S/C18H16ClN5O2/c1-10-8-16(25)22-18(20-10)24-15(9-14(23-24)11-6-7-11)21-17(26)12-4-2-3-5-13(12)19/h2-5,8-9,11H,6-7H2,1H3,(H,21,26)(H,20,22,25). The highest BCUT2D eigenvalue weighted by Gasteiger charge is 2.28. The summed E-state index contributed by atoms with van der Waals surface area (Å²) >= 11 is 6.11. The van der Waals surface area contributed by atoms with Crippen LogP contribution in [-0.4, -0.2) is 25.7 Å². The zero-order valence-corrected chi connectivity index (χ0v) is 14.7. The van der Waals surface area contributed by atoms with E-state index in [9.17, 15) is 9.59 Å². The number of nitrogens with zero attached hydrogens (tertiary/aromatic N) is 3. The first-order valence-corrected chi connectivity index (χ1v) is 8.63. The Morgan fingerprint density at radius 2 is 2.08 bits per heavy atom. The van der Waals surface area contributed by atoms with Crippen LogP contribution in [0.25, 0.3) is 5.95 Å². The van der Waals surface area contributed by atoms with Gasteiger partial charge >= 0.3 is 0 Å². The summed E-state index contributed by atoms with van der Waals surface area (Å²) < 4.78 is 1.46. The molecule has 1 aliphatic rings. The lowest BCUT2D eigenvalue weighted by atomic mass is 10.2. The minimum atomic E-state index is -0.353.